The number of nitrogens with one attached hydrogen (secondary N) is 2. The van der Waals surface area contributed by atoms with Gasteiger partial charge in [0.1, 0.15) is 23.1 Å². The number of urea groups is 1. The molecule has 4 rings (SSSR count). The topological polar surface area (TPSA) is 180 Å². The summed E-state index contributed by atoms with van der Waals surface area (Å²) >= 11 is 18.0. The van der Waals surface area contributed by atoms with Gasteiger partial charge < -0.3 is 13.9 Å². The Hall–Kier alpha value is -4.36. The van der Waals surface area contributed by atoms with Crippen LogP contribution in [0.4, 0.5) is 10.7 Å². The second-order valence-corrected chi connectivity index (χ2v) is 12.6. The van der Waals surface area contributed by atoms with Crippen molar-refractivity contribution in [2.75, 3.05) is 19.0 Å². The molecule has 45 heavy (non-hydrogen) atoms. The Balaban J connectivity index is 0.000000246. The number of aryl methyl sites for hydroxylation is 1. The Morgan fingerprint density at radius 3 is 2.38 bits per heavy atom. The number of halogens is 3. The zero-order valence-electron chi connectivity index (χ0n) is 24.4. The zero-order valence-corrected chi connectivity index (χ0v) is 27.5. The summed E-state index contributed by atoms with van der Waals surface area (Å²) in [6.45, 7) is 7.25. The lowest BCUT2D eigenvalue weighted by atomic mass is 9.97. The van der Waals surface area contributed by atoms with E-state index in [9.17, 15) is 18.0 Å². The number of ether oxygens (including phenoxy) is 2. The van der Waals surface area contributed by atoms with Gasteiger partial charge >= 0.3 is 17.8 Å². The van der Waals surface area contributed by atoms with E-state index in [0.717, 1.165) is 4.68 Å². The average Bonchev–Trinajstić information content (AvgIpc) is 3.34. The van der Waals surface area contributed by atoms with Gasteiger partial charge in [0.15, 0.2) is 0 Å². The summed E-state index contributed by atoms with van der Waals surface area (Å²) in [5.41, 5.74) is -0.103. The highest BCUT2D eigenvalue weighted by Crippen LogP contribution is 2.33. The summed E-state index contributed by atoms with van der Waals surface area (Å²) in [7, 11) is -2.78. The highest BCUT2D eigenvalue weighted by molar-refractivity contribution is 7.90. The van der Waals surface area contributed by atoms with E-state index in [0.29, 0.717) is 23.2 Å². The smallest absolute Gasteiger partial charge is 0.442 e. The predicted molar refractivity (Wildman–Crippen MR) is 167 cm³/mol. The fraction of sp³-hybridized carbons (Fsp3) is 0.259. The molecule has 0 saturated carbocycles. The molecule has 0 aliphatic rings. The second kappa shape index (κ2) is 14.6. The molecule has 0 saturated heterocycles. The Kier molecular flexibility index (Phi) is 11.4. The quantitative estimate of drug-likeness (QED) is 0.253. The molecule has 18 heteroatoms. The van der Waals surface area contributed by atoms with Crippen LogP contribution in [0.25, 0.3) is 5.69 Å². The Morgan fingerprint density at radius 2 is 1.78 bits per heavy atom. The standard InChI is InChI=1S/C15H14Cl2N2O3.C12H12ClN5O4S/c1-5-6-21-12-8-11(9(16)7-10(12)17)19-14(20)22-13(18-19)15(2,3)4;1-7-14-10(17-12(15-7)22-2)16-11(19)18-23(20,21)9-6-4-3-5-8(9)13/h1,7-8H,6H2,2-4H3;3-6H,1-2H3,(H2,14,15,16,17,18,19). The predicted octanol–water partition coefficient (Wildman–Crippen LogP) is 4.79. The summed E-state index contributed by atoms with van der Waals surface area (Å²) in [6.07, 6.45) is 5.15. The number of terminal acetylenes is 1. The van der Waals surface area contributed by atoms with Crippen molar-refractivity contribution in [1.29, 1.82) is 0 Å². The van der Waals surface area contributed by atoms with E-state index in [2.05, 4.69) is 31.3 Å². The van der Waals surface area contributed by atoms with Crippen molar-refractivity contribution in [1.82, 2.24) is 29.5 Å². The van der Waals surface area contributed by atoms with E-state index in [1.807, 2.05) is 25.5 Å². The first-order chi connectivity index (χ1) is 21.0. The van der Waals surface area contributed by atoms with Gasteiger partial charge in [-0.15, -0.1) is 11.5 Å². The van der Waals surface area contributed by atoms with Gasteiger partial charge in [-0.05, 0) is 25.1 Å². The van der Waals surface area contributed by atoms with Crippen molar-refractivity contribution < 1.29 is 27.1 Å². The third-order valence-corrected chi connectivity index (χ3v) is 7.65. The van der Waals surface area contributed by atoms with Gasteiger partial charge in [0.25, 0.3) is 10.0 Å². The SMILES string of the molecule is C#CCOc1cc(-n2nc(C(C)(C)C)oc2=O)c(Cl)cc1Cl.COc1nc(C)nc(NC(=O)NS(=O)(=O)c2ccccc2Cl)n1. The molecule has 2 aromatic heterocycles. The maximum absolute atomic E-state index is 12.1. The molecule has 0 aliphatic heterocycles. The molecule has 0 unspecified atom stereocenters. The zero-order chi connectivity index (χ0) is 33.5. The van der Waals surface area contributed by atoms with Crippen LogP contribution in [0.15, 0.2) is 50.5 Å². The molecule has 2 aromatic carbocycles. The number of carbonyl (C=O) groups is 1. The number of methoxy groups -OCH3 is 1. The van der Waals surface area contributed by atoms with Gasteiger partial charge in [-0.1, -0.05) is 73.6 Å². The molecule has 0 spiro atoms. The van der Waals surface area contributed by atoms with Crippen molar-refractivity contribution in [3.05, 3.63) is 73.7 Å². The summed E-state index contributed by atoms with van der Waals surface area (Å²) in [6, 6.07) is 7.63. The average molecular weight is 699 g/mol. The maximum atomic E-state index is 12.1. The first kappa shape index (κ1) is 35.1. The molecule has 14 nitrogen and oxygen atoms in total. The first-order valence-corrected chi connectivity index (χ1v) is 15.2. The van der Waals surface area contributed by atoms with Gasteiger partial charge in [0.05, 0.1) is 27.9 Å². The summed E-state index contributed by atoms with van der Waals surface area (Å²) in [5.74, 6) is 2.45. The molecule has 0 radical (unpaired) electrons. The molecule has 2 amide bonds. The van der Waals surface area contributed by atoms with Crippen molar-refractivity contribution in [2.24, 2.45) is 0 Å². The van der Waals surface area contributed by atoms with Crippen LogP contribution < -0.4 is 25.3 Å². The Labute approximate surface area is 273 Å². The fourth-order valence-electron chi connectivity index (χ4n) is 3.22. The van der Waals surface area contributed by atoms with Crippen LogP contribution in [0.3, 0.4) is 0 Å². The number of amides is 2. The minimum Gasteiger partial charge on any atom is -0.479 e. The molecule has 238 valence electrons. The molecule has 2 heterocycles. The number of nitrogens with zero attached hydrogens (tertiary/aromatic N) is 5. The molecule has 2 N–H and O–H groups in total. The summed E-state index contributed by atoms with van der Waals surface area (Å²) in [5, 5.41) is 6.89. The van der Waals surface area contributed by atoms with E-state index in [4.69, 9.17) is 55.1 Å². The first-order valence-electron chi connectivity index (χ1n) is 12.6. The lowest BCUT2D eigenvalue weighted by Crippen LogP contribution is -2.35. The van der Waals surface area contributed by atoms with Crippen molar-refractivity contribution in [3.8, 4) is 29.8 Å². The molecule has 0 fully saturated rings. The van der Waals surface area contributed by atoms with Crippen LogP contribution in [0.5, 0.6) is 11.8 Å². The third kappa shape index (κ3) is 9.32. The number of sulfonamides is 1. The van der Waals surface area contributed by atoms with E-state index in [-0.39, 0.29) is 38.5 Å². The van der Waals surface area contributed by atoms with Crippen LogP contribution in [0, 0.1) is 19.3 Å². The molecule has 0 aliphatic carbocycles. The molecule has 0 bridgehead atoms. The molecular weight excluding hydrogens is 673 g/mol. The van der Waals surface area contributed by atoms with E-state index >= 15 is 0 Å². The minimum atomic E-state index is -4.13. The summed E-state index contributed by atoms with van der Waals surface area (Å²) in [4.78, 5) is 35.1. The van der Waals surface area contributed by atoms with Gasteiger partial charge in [-0.3, -0.25) is 5.32 Å². The van der Waals surface area contributed by atoms with Gasteiger partial charge in [-0.25, -0.2) is 22.7 Å². The molecule has 0 atom stereocenters. The van der Waals surface area contributed by atoms with Crippen LogP contribution in [0.1, 0.15) is 32.5 Å². The van der Waals surface area contributed by atoms with Gasteiger partial charge in [0.2, 0.25) is 11.8 Å². The molecular formula is C27H26Cl3N7O7S. The number of rotatable bonds is 7. The van der Waals surface area contributed by atoms with Gasteiger partial charge in [0, 0.05) is 11.5 Å². The van der Waals surface area contributed by atoms with Crippen molar-refractivity contribution in [2.45, 2.75) is 38.0 Å². The lowest BCUT2D eigenvalue weighted by molar-refractivity contribution is 0.256. The number of benzene rings is 2. The van der Waals surface area contributed by atoms with E-state index in [1.54, 1.807) is 13.0 Å². The number of hydrogen-bond donors (Lipinski definition) is 2. The highest BCUT2D eigenvalue weighted by Gasteiger charge is 2.24. The van der Waals surface area contributed by atoms with Crippen LogP contribution in [-0.4, -0.2) is 52.9 Å². The Morgan fingerprint density at radius 1 is 1.09 bits per heavy atom. The number of aromatic nitrogens is 5. The van der Waals surface area contributed by atoms with Crippen LogP contribution >= 0.6 is 34.8 Å². The normalized spacial score (nSPS) is 11.1. The monoisotopic (exact) mass is 697 g/mol. The van der Waals surface area contributed by atoms with Crippen molar-refractivity contribution >= 4 is 56.8 Å². The highest BCUT2D eigenvalue weighted by atomic mass is 35.5. The minimum absolute atomic E-state index is 0.00882. The van der Waals surface area contributed by atoms with Crippen molar-refractivity contribution in [3.63, 3.8) is 0 Å². The summed E-state index contributed by atoms with van der Waals surface area (Å²) < 4.78 is 42.4. The molecule has 4 aromatic rings. The number of carbonyl (C=O) groups excluding carboxylic acids is 1. The fourth-order valence-corrected chi connectivity index (χ4v) is 5.16. The van der Waals surface area contributed by atoms with E-state index < -0.39 is 27.2 Å². The van der Waals surface area contributed by atoms with E-state index in [1.165, 1.54) is 37.4 Å². The second-order valence-electron chi connectivity index (χ2n) is 9.74. The van der Waals surface area contributed by atoms with Crippen LogP contribution in [-0.2, 0) is 15.4 Å². The lowest BCUT2D eigenvalue weighted by Gasteiger charge is -2.11. The largest absolute Gasteiger partial charge is 0.479 e. The maximum Gasteiger partial charge on any atom is 0.442 e. The van der Waals surface area contributed by atoms with Crippen LogP contribution in [0.2, 0.25) is 15.1 Å². The third-order valence-electron chi connectivity index (χ3n) is 5.22. The number of hydrogen-bond acceptors (Lipinski definition) is 11. The number of anilines is 1. The Bertz CT molecular complexity index is 1920. The van der Waals surface area contributed by atoms with Gasteiger partial charge in [-0.2, -0.15) is 19.6 Å².